The normalized spacial score (nSPS) is 58.0. The van der Waals surface area contributed by atoms with E-state index in [1.165, 1.54) is 0 Å². The van der Waals surface area contributed by atoms with Crippen molar-refractivity contribution in [1.29, 1.82) is 0 Å². The van der Waals surface area contributed by atoms with Crippen molar-refractivity contribution in [3.8, 4) is 0 Å². The van der Waals surface area contributed by atoms with Crippen LogP contribution < -0.4 is 0 Å². The van der Waals surface area contributed by atoms with Crippen LogP contribution in [0.3, 0.4) is 0 Å². The molecule has 12 heavy (non-hydrogen) atoms. The van der Waals surface area contributed by atoms with Gasteiger partial charge < -0.3 is 5.11 Å². The summed E-state index contributed by atoms with van der Waals surface area (Å²) in [5.74, 6) is 0.419. The molecule has 1 nitrogen and oxygen atoms in total. The maximum atomic E-state index is 12.9. The molecular weight excluding hydrogens is 155 g/mol. The summed E-state index contributed by atoms with van der Waals surface area (Å²) in [5, 5.41) is 9.78. The van der Waals surface area contributed by atoms with Gasteiger partial charge >= 0.3 is 0 Å². The molecule has 0 aliphatic heterocycles. The summed E-state index contributed by atoms with van der Waals surface area (Å²) in [6, 6.07) is 0. The third kappa shape index (κ3) is 0.681. The number of hydrogen-bond acceptors (Lipinski definition) is 1. The fraction of sp³-hybridized carbons (Fsp3) is 1.00. The number of alkyl halides is 1. The smallest absolute Gasteiger partial charge is 0.0956 e. The maximum Gasteiger partial charge on any atom is 0.0956 e. The molecule has 2 bridgehead atoms. The van der Waals surface area contributed by atoms with Crippen molar-refractivity contribution in [2.75, 3.05) is 6.67 Å². The molecule has 0 heterocycles. The topological polar surface area (TPSA) is 20.2 Å². The number of aliphatic hydroxyl groups excluding tert-OH is 1. The Morgan fingerprint density at radius 3 is 2.42 bits per heavy atom. The van der Waals surface area contributed by atoms with Gasteiger partial charge in [0.2, 0.25) is 0 Å². The van der Waals surface area contributed by atoms with E-state index in [0.717, 1.165) is 19.3 Å². The minimum atomic E-state index is -0.273. The number of hydrogen-bond donors (Lipinski definition) is 1. The highest BCUT2D eigenvalue weighted by Crippen LogP contribution is 2.65. The second-order valence-electron chi connectivity index (χ2n) is 4.96. The average molecular weight is 172 g/mol. The van der Waals surface area contributed by atoms with Gasteiger partial charge in [-0.1, -0.05) is 13.8 Å². The van der Waals surface area contributed by atoms with Gasteiger partial charge in [0.1, 0.15) is 0 Å². The molecule has 0 radical (unpaired) electrons. The minimum Gasteiger partial charge on any atom is -0.393 e. The summed E-state index contributed by atoms with van der Waals surface area (Å²) < 4.78 is 12.9. The summed E-state index contributed by atoms with van der Waals surface area (Å²) in [4.78, 5) is 0. The third-order valence-electron chi connectivity index (χ3n) is 4.74. The lowest BCUT2D eigenvalue weighted by molar-refractivity contribution is -0.00522. The Bertz CT molecular complexity index is 204. The van der Waals surface area contributed by atoms with E-state index in [1.807, 2.05) is 13.8 Å². The Hall–Kier alpha value is -0.110. The van der Waals surface area contributed by atoms with Gasteiger partial charge in [0, 0.05) is 10.8 Å². The molecular formula is C10H17FO. The zero-order valence-corrected chi connectivity index (χ0v) is 7.81. The molecule has 70 valence electrons. The first kappa shape index (κ1) is 8.49. The number of aliphatic hydroxyl groups is 1. The molecule has 0 aromatic carbocycles. The molecule has 0 amide bonds. The van der Waals surface area contributed by atoms with Crippen molar-refractivity contribution in [3.63, 3.8) is 0 Å². The van der Waals surface area contributed by atoms with Gasteiger partial charge in [-0.25, -0.2) is 0 Å². The first-order valence-corrected chi connectivity index (χ1v) is 4.78. The van der Waals surface area contributed by atoms with Crippen molar-refractivity contribution in [2.24, 2.45) is 16.7 Å². The Morgan fingerprint density at radius 2 is 2.17 bits per heavy atom. The van der Waals surface area contributed by atoms with Crippen molar-refractivity contribution >= 4 is 0 Å². The molecule has 0 aromatic heterocycles. The average Bonchev–Trinajstić information content (AvgIpc) is 2.39. The lowest BCUT2D eigenvalue weighted by Gasteiger charge is -2.37. The van der Waals surface area contributed by atoms with Crippen LogP contribution in [0, 0.1) is 16.7 Å². The molecule has 4 atom stereocenters. The van der Waals surface area contributed by atoms with Crippen LogP contribution in [0.1, 0.15) is 33.1 Å². The number of fused-ring (bicyclic) bond motifs is 2. The molecule has 2 fully saturated rings. The van der Waals surface area contributed by atoms with Crippen LogP contribution in [-0.4, -0.2) is 17.9 Å². The molecule has 2 heteroatoms. The summed E-state index contributed by atoms with van der Waals surface area (Å²) in [6.07, 6.45) is 2.65. The molecule has 0 spiro atoms. The SMILES string of the molecule is CC1(CF)[C@@H]2CC[C@@]1(C)C(O)C2. The van der Waals surface area contributed by atoms with Gasteiger partial charge in [-0.2, -0.15) is 0 Å². The molecule has 2 saturated carbocycles. The van der Waals surface area contributed by atoms with Crippen LogP contribution >= 0.6 is 0 Å². The molecule has 0 saturated heterocycles. The molecule has 2 unspecified atom stereocenters. The van der Waals surface area contributed by atoms with E-state index >= 15 is 0 Å². The van der Waals surface area contributed by atoms with Crippen molar-refractivity contribution in [2.45, 2.75) is 39.2 Å². The van der Waals surface area contributed by atoms with Crippen LogP contribution in [0.4, 0.5) is 4.39 Å². The Balaban J connectivity index is 2.38. The highest BCUT2D eigenvalue weighted by molar-refractivity contribution is 5.12. The van der Waals surface area contributed by atoms with E-state index in [-0.39, 0.29) is 23.6 Å². The van der Waals surface area contributed by atoms with Gasteiger partial charge in [-0.05, 0) is 25.2 Å². The lowest BCUT2D eigenvalue weighted by Crippen LogP contribution is -2.38. The van der Waals surface area contributed by atoms with E-state index in [4.69, 9.17) is 0 Å². The molecule has 0 aromatic rings. The minimum absolute atomic E-state index is 0.146. The van der Waals surface area contributed by atoms with Gasteiger partial charge in [-0.3, -0.25) is 4.39 Å². The summed E-state index contributed by atoms with van der Waals surface area (Å²) in [7, 11) is 0. The van der Waals surface area contributed by atoms with Gasteiger partial charge in [0.25, 0.3) is 0 Å². The highest BCUT2D eigenvalue weighted by Gasteiger charge is 2.63. The summed E-state index contributed by atoms with van der Waals surface area (Å²) in [5.41, 5.74) is -0.390. The second kappa shape index (κ2) is 2.22. The van der Waals surface area contributed by atoms with Crippen LogP contribution in [0.15, 0.2) is 0 Å². The second-order valence-corrected chi connectivity index (χ2v) is 4.96. The van der Waals surface area contributed by atoms with E-state index in [9.17, 15) is 9.50 Å². The van der Waals surface area contributed by atoms with E-state index in [1.54, 1.807) is 0 Å². The number of rotatable bonds is 1. The predicted molar refractivity (Wildman–Crippen MR) is 45.5 cm³/mol. The molecule has 1 N–H and O–H groups in total. The Labute approximate surface area is 73.0 Å². The van der Waals surface area contributed by atoms with Crippen molar-refractivity contribution < 1.29 is 9.50 Å². The summed E-state index contributed by atoms with van der Waals surface area (Å²) in [6.45, 7) is 3.77. The maximum absolute atomic E-state index is 12.9. The zero-order valence-electron chi connectivity index (χ0n) is 7.81. The van der Waals surface area contributed by atoms with E-state index in [0.29, 0.717) is 5.92 Å². The predicted octanol–water partition coefficient (Wildman–Crippen LogP) is 2.14. The Kier molecular flexibility index (Phi) is 1.57. The van der Waals surface area contributed by atoms with E-state index < -0.39 is 0 Å². The lowest BCUT2D eigenvalue weighted by atomic mass is 9.69. The quantitative estimate of drug-likeness (QED) is 0.642. The largest absolute Gasteiger partial charge is 0.393 e. The van der Waals surface area contributed by atoms with Crippen LogP contribution in [0.5, 0.6) is 0 Å². The Morgan fingerprint density at radius 1 is 1.50 bits per heavy atom. The van der Waals surface area contributed by atoms with Crippen LogP contribution in [0.25, 0.3) is 0 Å². The van der Waals surface area contributed by atoms with Crippen molar-refractivity contribution in [1.82, 2.24) is 0 Å². The monoisotopic (exact) mass is 172 g/mol. The zero-order chi connectivity index (χ0) is 8.98. The van der Waals surface area contributed by atoms with Crippen molar-refractivity contribution in [3.05, 3.63) is 0 Å². The van der Waals surface area contributed by atoms with Crippen LogP contribution in [-0.2, 0) is 0 Å². The first-order valence-electron chi connectivity index (χ1n) is 4.78. The van der Waals surface area contributed by atoms with Crippen LogP contribution in [0.2, 0.25) is 0 Å². The number of halogens is 1. The highest BCUT2D eigenvalue weighted by atomic mass is 19.1. The molecule has 2 aliphatic rings. The van der Waals surface area contributed by atoms with E-state index in [2.05, 4.69) is 0 Å². The first-order chi connectivity index (χ1) is 5.54. The molecule has 2 aliphatic carbocycles. The third-order valence-corrected chi connectivity index (χ3v) is 4.74. The molecule has 2 rings (SSSR count). The fourth-order valence-corrected chi connectivity index (χ4v) is 3.26. The van der Waals surface area contributed by atoms with Gasteiger partial charge in [0.15, 0.2) is 0 Å². The fourth-order valence-electron chi connectivity index (χ4n) is 3.26. The standard InChI is InChI=1S/C10H17FO/c1-9-4-3-7(5-8(9)12)10(9,2)6-11/h7-8,12H,3-6H2,1-2H3/t7-,8?,9+,10?/m1/s1. The van der Waals surface area contributed by atoms with Gasteiger partial charge in [0.05, 0.1) is 12.8 Å². The van der Waals surface area contributed by atoms with Gasteiger partial charge in [-0.15, -0.1) is 0 Å². The summed E-state index contributed by atoms with van der Waals surface area (Å²) >= 11 is 0.